The third-order valence-corrected chi connectivity index (χ3v) is 5.90. The van der Waals surface area contributed by atoms with Crippen LogP contribution in [0.4, 0.5) is 17.6 Å². The molecular formula is C22H21F4N5O2. The van der Waals surface area contributed by atoms with Gasteiger partial charge in [-0.1, -0.05) is 12.1 Å². The molecule has 1 N–H and O–H groups in total. The first-order valence-electron chi connectivity index (χ1n) is 10.3. The quantitative estimate of drug-likeness (QED) is 0.444. The van der Waals surface area contributed by atoms with Crippen LogP contribution in [0, 0.1) is 11.7 Å². The van der Waals surface area contributed by atoms with Crippen LogP contribution in [0.15, 0.2) is 48.8 Å². The molecule has 0 bridgehead atoms. The van der Waals surface area contributed by atoms with Crippen molar-refractivity contribution >= 4 is 5.97 Å². The highest BCUT2D eigenvalue weighted by atomic mass is 19.4. The molecule has 3 aromatic rings. The number of nitrogens with zero attached hydrogens (tertiary/aromatic N) is 4. The lowest BCUT2D eigenvalue weighted by Crippen LogP contribution is -2.34. The number of nitrogens with one attached hydrogen (secondary N) is 1. The van der Waals surface area contributed by atoms with Crippen molar-refractivity contribution in [2.75, 3.05) is 7.11 Å². The van der Waals surface area contributed by atoms with Crippen molar-refractivity contribution < 1.29 is 27.1 Å². The van der Waals surface area contributed by atoms with Crippen molar-refractivity contribution in [1.82, 2.24) is 25.5 Å². The van der Waals surface area contributed by atoms with E-state index in [-0.39, 0.29) is 30.2 Å². The van der Waals surface area contributed by atoms with E-state index in [4.69, 9.17) is 4.74 Å². The van der Waals surface area contributed by atoms with E-state index >= 15 is 0 Å². The van der Waals surface area contributed by atoms with E-state index < -0.39 is 23.5 Å². The fraction of sp³-hybridized carbons (Fsp3) is 0.364. The first-order valence-corrected chi connectivity index (χ1v) is 10.3. The maximum atomic E-state index is 13.5. The standard InChI is InChI=1S/C22H21F4N5O2/c1-33-21(32)18-6-7-19(20(18)14-2-4-16(23)5-3-14)27-11-13-8-15(22(24,25)26)10-17(9-13)31-12-28-29-30-31/h2-5,8-10,12,18-20,27H,6-7,11H2,1H3/t18-,19-,20+/m0/s1. The van der Waals surface area contributed by atoms with Crippen LogP contribution in [-0.2, 0) is 22.3 Å². The fourth-order valence-corrected chi connectivity index (χ4v) is 4.39. The molecule has 1 saturated carbocycles. The molecule has 1 fully saturated rings. The number of aromatic nitrogens is 4. The topological polar surface area (TPSA) is 81.9 Å². The van der Waals surface area contributed by atoms with Crippen molar-refractivity contribution in [2.24, 2.45) is 5.92 Å². The summed E-state index contributed by atoms with van der Waals surface area (Å²) in [7, 11) is 1.31. The molecule has 11 heteroatoms. The predicted octanol–water partition coefficient (Wildman–Crippen LogP) is 3.65. The van der Waals surface area contributed by atoms with Crippen molar-refractivity contribution in [3.8, 4) is 5.69 Å². The van der Waals surface area contributed by atoms with Crippen LogP contribution in [0.25, 0.3) is 5.69 Å². The third kappa shape index (κ3) is 5.03. The molecule has 1 aromatic heterocycles. The molecule has 3 atom stereocenters. The lowest BCUT2D eigenvalue weighted by Gasteiger charge is -2.25. The van der Waals surface area contributed by atoms with Gasteiger partial charge in [-0.25, -0.2) is 9.07 Å². The number of esters is 1. The number of benzene rings is 2. The van der Waals surface area contributed by atoms with E-state index in [1.807, 2.05) is 0 Å². The Morgan fingerprint density at radius 3 is 2.58 bits per heavy atom. The Labute approximate surface area is 186 Å². The molecule has 0 spiro atoms. The number of alkyl halides is 3. The smallest absolute Gasteiger partial charge is 0.416 e. The zero-order chi connectivity index (χ0) is 23.6. The van der Waals surface area contributed by atoms with E-state index in [1.54, 1.807) is 18.2 Å². The molecule has 2 aromatic carbocycles. The first-order chi connectivity index (χ1) is 15.8. The van der Waals surface area contributed by atoms with Gasteiger partial charge in [-0.05, 0) is 64.7 Å². The maximum Gasteiger partial charge on any atom is 0.416 e. The van der Waals surface area contributed by atoms with E-state index in [0.717, 1.165) is 22.4 Å². The molecule has 33 heavy (non-hydrogen) atoms. The van der Waals surface area contributed by atoms with Crippen LogP contribution >= 0.6 is 0 Å². The van der Waals surface area contributed by atoms with Crippen LogP contribution in [0.2, 0.25) is 0 Å². The highest BCUT2D eigenvalue weighted by Gasteiger charge is 2.41. The largest absolute Gasteiger partial charge is 0.469 e. The Morgan fingerprint density at radius 2 is 1.94 bits per heavy atom. The second-order valence-corrected chi connectivity index (χ2v) is 7.91. The molecule has 0 radical (unpaired) electrons. The summed E-state index contributed by atoms with van der Waals surface area (Å²) in [6.45, 7) is 0.120. The minimum absolute atomic E-state index is 0.120. The van der Waals surface area contributed by atoms with Gasteiger partial charge in [0.2, 0.25) is 0 Å². The highest BCUT2D eigenvalue weighted by Crippen LogP contribution is 2.41. The van der Waals surface area contributed by atoms with Gasteiger partial charge < -0.3 is 10.1 Å². The van der Waals surface area contributed by atoms with Gasteiger partial charge in [-0.2, -0.15) is 13.2 Å². The minimum atomic E-state index is -4.54. The van der Waals surface area contributed by atoms with E-state index in [9.17, 15) is 22.4 Å². The van der Waals surface area contributed by atoms with Crippen molar-refractivity contribution in [1.29, 1.82) is 0 Å². The monoisotopic (exact) mass is 463 g/mol. The fourth-order valence-electron chi connectivity index (χ4n) is 4.39. The molecule has 0 aliphatic heterocycles. The number of rotatable bonds is 6. The van der Waals surface area contributed by atoms with Gasteiger partial charge in [0.15, 0.2) is 0 Å². The predicted molar refractivity (Wildman–Crippen MR) is 109 cm³/mol. The second kappa shape index (κ2) is 9.26. The normalized spacial score (nSPS) is 20.7. The zero-order valence-corrected chi connectivity index (χ0v) is 17.6. The summed E-state index contributed by atoms with van der Waals surface area (Å²) in [6.07, 6.45) is -2.17. The number of methoxy groups -OCH3 is 1. The average molecular weight is 463 g/mol. The first kappa shape index (κ1) is 22.8. The van der Waals surface area contributed by atoms with Crippen molar-refractivity contribution in [3.05, 3.63) is 71.3 Å². The third-order valence-electron chi connectivity index (χ3n) is 5.90. The van der Waals surface area contributed by atoms with Gasteiger partial charge in [0.25, 0.3) is 0 Å². The number of tetrazole rings is 1. The maximum absolute atomic E-state index is 13.5. The number of hydrogen-bond donors (Lipinski definition) is 1. The van der Waals surface area contributed by atoms with Crippen LogP contribution < -0.4 is 5.32 Å². The molecule has 1 aliphatic carbocycles. The molecule has 0 unspecified atom stereocenters. The molecular weight excluding hydrogens is 442 g/mol. The van der Waals surface area contributed by atoms with E-state index in [0.29, 0.717) is 18.4 Å². The van der Waals surface area contributed by atoms with Crippen LogP contribution in [0.5, 0.6) is 0 Å². The Bertz CT molecular complexity index is 1100. The van der Waals surface area contributed by atoms with Crippen LogP contribution in [0.1, 0.15) is 35.4 Å². The zero-order valence-electron chi connectivity index (χ0n) is 17.6. The van der Waals surface area contributed by atoms with Gasteiger partial charge >= 0.3 is 12.1 Å². The summed E-state index contributed by atoms with van der Waals surface area (Å²) in [5.74, 6) is -1.50. The molecule has 1 heterocycles. The summed E-state index contributed by atoms with van der Waals surface area (Å²) in [6, 6.07) is 9.29. The molecule has 0 amide bonds. The lowest BCUT2D eigenvalue weighted by atomic mass is 9.86. The number of ether oxygens (including phenoxy) is 1. The number of halogens is 4. The van der Waals surface area contributed by atoms with Gasteiger partial charge in [0.05, 0.1) is 24.3 Å². The van der Waals surface area contributed by atoms with Crippen LogP contribution in [-0.4, -0.2) is 39.3 Å². The Morgan fingerprint density at radius 1 is 1.18 bits per heavy atom. The second-order valence-electron chi connectivity index (χ2n) is 7.91. The SMILES string of the molecule is COC(=O)[C@H]1CC[C@H](NCc2cc(-n3cnnn3)cc(C(F)(F)F)c2)[C@@H]1c1ccc(F)cc1. The van der Waals surface area contributed by atoms with Crippen molar-refractivity contribution in [2.45, 2.75) is 37.5 Å². The summed E-state index contributed by atoms with van der Waals surface area (Å²) in [5, 5.41) is 13.9. The summed E-state index contributed by atoms with van der Waals surface area (Å²) < 4.78 is 59.9. The Hall–Kier alpha value is -3.34. The van der Waals surface area contributed by atoms with Gasteiger partial charge in [-0.15, -0.1) is 5.10 Å². The summed E-state index contributed by atoms with van der Waals surface area (Å²) in [4.78, 5) is 12.3. The number of carbonyl (C=O) groups excluding carboxylic acids is 1. The Kier molecular flexibility index (Phi) is 6.41. The molecule has 1 aliphatic rings. The molecule has 7 nitrogen and oxygen atoms in total. The lowest BCUT2D eigenvalue weighted by molar-refractivity contribution is -0.145. The summed E-state index contributed by atoms with van der Waals surface area (Å²) >= 11 is 0. The highest BCUT2D eigenvalue weighted by molar-refractivity contribution is 5.74. The van der Waals surface area contributed by atoms with Crippen LogP contribution in [0.3, 0.4) is 0 Å². The van der Waals surface area contributed by atoms with Gasteiger partial charge in [-0.3, -0.25) is 4.79 Å². The summed E-state index contributed by atoms with van der Waals surface area (Å²) in [5.41, 5.74) is 0.511. The Balaban J connectivity index is 1.60. The molecule has 4 rings (SSSR count). The van der Waals surface area contributed by atoms with E-state index in [2.05, 4.69) is 20.8 Å². The molecule has 174 valence electrons. The van der Waals surface area contributed by atoms with Crippen molar-refractivity contribution in [3.63, 3.8) is 0 Å². The van der Waals surface area contributed by atoms with E-state index in [1.165, 1.54) is 25.6 Å². The average Bonchev–Trinajstić information content (AvgIpc) is 3.47. The van der Waals surface area contributed by atoms with Gasteiger partial charge in [0.1, 0.15) is 12.1 Å². The molecule has 0 saturated heterocycles. The number of carbonyl (C=O) groups is 1. The minimum Gasteiger partial charge on any atom is -0.469 e. The van der Waals surface area contributed by atoms with Gasteiger partial charge in [0, 0.05) is 18.5 Å². The number of hydrogen-bond acceptors (Lipinski definition) is 6.